The second kappa shape index (κ2) is 3.88. The Bertz CT molecular complexity index is 325. The van der Waals surface area contributed by atoms with E-state index in [1.54, 1.807) is 32.2 Å². The summed E-state index contributed by atoms with van der Waals surface area (Å²) in [4.78, 5) is 0. The maximum Gasteiger partial charge on any atom is 0.0856 e. The van der Waals surface area contributed by atoms with E-state index in [4.69, 9.17) is 5.14 Å². The summed E-state index contributed by atoms with van der Waals surface area (Å²) in [6.45, 7) is 3.52. The van der Waals surface area contributed by atoms with Crippen LogP contribution >= 0.6 is 11.3 Å². The topological polar surface area (TPSA) is 58.6 Å². The highest BCUT2D eigenvalue weighted by molar-refractivity contribution is 7.87. The molecule has 0 saturated heterocycles. The van der Waals surface area contributed by atoms with E-state index in [1.807, 2.05) is 11.4 Å². The molecule has 1 aromatic heterocycles. The normalized spacial score (nSPS) is 14.8. The van der Waals surface area contributed by atoms with Gasteiger partial charge in [0, 0.05) is 17.9 Å². The van der Waals surface area contributed by atoms with Gasteiger partial charge in [-0.3, -0.25) is 5.14 Å². The number of hydrogen-bond donors (Lipinski definition) is 2. The van der Waals surface area contributed by atoms with Gasteiger partial charge in [-0.05, 0) is 30.9 Å². The van der Waals surface area contributed by atoms with Crippen molar-refractivity contribution in [3.05, 3.63) is 17.0 Å². The standard InChI is InChI=1S/C8H14N2OS2/c1-8(2,11)6-4-7(12-5-6)13(9)10-3/h4-5,11H,1-3H3,(H2,9,10). The SMILES string of the molecule is CN=S(N)c1cc(C(C)(C)O)cs1. The van der Waals surface area contributed by atoms with Crippen molar-refractivity contribution in [2.24, 2.45) is 9.50 Å². The summed E-state index contributed by atoms with van der Waals surface area (Å²) in [6.07, 6.45) is 0. The van der Waals surface area contributed by atoms with E-state index in [9.17, 15) is 5.11 Å². The lowest BCUT2D eigenvalue weighted by molar-refractivity contribution is 0.0789. The van der Waals surface area contributed by atoms with Gasteiger partial charge in [0.1, 0.15) is 0 Å². The molecule has 74 valence electrons. The largest absolute Gasteiger partial charge is 0.386 e. The highest BCUT2D eigenvalue weighted by Gasteiger charge is 2.17. The van der Waals surface area contributed by atoms with E-state index in [2.05, 4.69) is 4.36 Å². The summed E-state index contributed by atoms with van der Waals surface area (Å²) < 4.78 is 5.00. The van der Waals surface area contributed by atoms with E-state index in [-0.39, 0.29) is 0 Å². The summed E-state index contributed by atoms with van der Waals surface area (Å²) in [5.74, 6) is 0. The first-order valence-electron chi connectivity index (χ1n) is 3.85. The van der Waals surface area contributed by atoms with Crippen LogP contribution in [0.15, 0.2) is 20.0 Å². The van der Waals surface area contributed by atoms with Gasteiger partial charge in [-0.15, -0.1) is 11.3 Å². The van der Waals surface area contributed by atoms with Crippen LogP contribution in [0.4, 0.5) is 0 Å². The van der Waals surface area contributed by atoms with Crippen LogP contribution in [0, 0.1) is 0 Å². The van der Waals surface area contributed by atoms with Gasteiger partial charge >= 0.3 is 0 Å². The van der Waals surface area contributed by atoms with Crippen LogP contribution in [0.25, 0.3) is 0 Å². The lowest BCUT2D eigenvalue weighted by atomic mass is 10.0. The summed E-state index contributed by atoms with van der Waals surface area (Å²) in [5.41, 5.74) is 0.117. The van der Waals surface area contributed by atoms with Crippen LogP contribution in [-0.4, -0.2) is 12.2 Å². The fourth-order valence-corrected chi connectivity index (χ4v) is 2.82. The maximum atomic E-state index is 9.70. The van der Waals surface area contributed by atoms with E-state index in [1.165, 1.54) is 0 Å². The van der Waals surface area contributed by atoms with Gasteiger partial charge in [-0.2, -0.15) is 0 Å². The Morgan fingerprint density at radius 1 is 1.62 bits per heavy atom. The monoisotopic (exact) mass is 218 g/mol. The first kappa shape index (κ1) is 10.8. The Hall–Kier alpha value is -0.230. The fourth-order valence-electron chi connectivity index (χ4n) is 0.837. The number of nitrogens with two attached hydrogens (primary N) is 1. The van der Waals surface area contributed by atoms with Crippen molar-refractivity contribution in [2.45, 2.75) is 23.7 Å². The fraction of sp³-hybridized carbons (Fsp3) is 0.500. The molecule has 1 unspecified atom stereocenters. The van der Waals surface area contributed by atoms with Crippen molar-refractivity contribution in [2.75, 3.05) is 7.05 Å². The highest BCUT2D eigenvalue weighted by atomic mass is 32.2. The van der Waals surface area contributed by atoms with Gasteiger partial charge in [-0.25, -0.2) is 4.36 Å². The minimum absolute atomic E-state index is 0.522. The predicted octanol–water partition coefficient (Wildman–Crippen LogP) is 1.64. The van der Waals surface area contributed by atoms with Crippen molar-refractivity contribution in [3.8, 4) is 0 Å². The Labute approximate surface area is 84.8 Å². The minimum atomic E-state index is -0.785. The molecule has 0 aliphatic rings. The Morgan fingerprint density at radius 3 is 2.62 bits per heavy atom. The van der Waals surface area contributed by atoms with E-state index in [0.29, 0.717) is 0 Å². The van der Waals surface area contributed by atoms with Crippen LogP contribution in [0.5, 0.6) is 0 Å². The highest BCUT2D eigenvalue weighted by Crippen LogP contribution is 2.26. The van der Waals surface area contributed by atoms with Crippen molar-refractivity contribution in [1.82, 2.24) is 0 Å². The molecule has 0 amide bonds. The van der Waals surface area contributed by atoms with Crippen molar-refractivity contribution in [1.29, 1.82) is 0 Å². The van der Waals surface area contributed by atoms with Gasteiger partial charge < -0.3 is 5.11 Å². The van der Waals surface area contributed by atoms with Crippen LogP contribution < -0.4 is 5.14 Å². The average Bonchev–Trinajstić information content (AvgIpc) is 2.50. The average molecular weight is 218 g/mol. The summed E-state index contributed by atoms with van der Waals surface area (Å²) in [5, 5.41) is 17.4. The molecule has 0 bridgehead atoms. The zero-order valence-electron chi connectivity index (χ0n) is 7.94. The Balaban J connectivity index is 3.00. The summed E-state index contributed by atoms with van der Waals surface area (Å²) in [7, 11) is 1.18. The smallest absolute Gasteiger partial charge is 0.0856 e. The molecule has 5 heteroatoms. The maximum absolute atomic E-state index is 9.70. The molecule has 0 radical (unpaired) electrons. The number of rotatable bonds is 2. The van der Waals surface area contributed by atoms with Crippen molar-refractivity contribution in [3.63, 3.8) is 0 Å². The molecule has 0 fully saturated rings. The van der Waals surface area contributed by atoms with Gasteiger partial charge in [0.2, 0.25) is 0 Å². The first-order chi connectivity index (χ1) is 5.95. The van der Waals surface area contributed by atoms with E-state index >= 15 is 0 Å². The third-order valence-corrected chi connectivity index (χ3v) is 4.13. The minimum Gasteiger partial charge on any atom is -0.386 e. The Kier molecular flexibility index (Phi) is 3.23. The van der Waals surface area contributed by atoms with Crippen molar-refractivity contribution >= 4 is 22.2 Å². The third kappa shape index (κ3) is 2.60. The lowest BCUT2D eigenvalue weighted by Gasteiger charge is -2.14. The quantitative estimate of drug-likeness (QED) is 0.793. The molecule has 0 spiro atoms. The predicted molar refractivity (Wildman–Crippen MR) is 57.7 cm³/mol. The first-order valence-corrected chi connectivity index (χ1v) is 5.97. The Morgan fingerprint density at radius 2 is 2.23 bits per heavy atom. The molecule has 3 N–H and O–H groups in total. The number of thiophene rings is 1. The summed E-state index contributed by atoms with van der Waals surface area (Å²) in [6, 6.07) is 1.92. The molecule has 1 heterocycles. The third-order valence-electron chi connectivity index (χ3n) is 1.68. The van der Waals surface area contributed by atoms with Gasteiger partial charge in [0.15, 0.2) is 0 Å². The summed E-state index contributed by atoms with van der Waals surface area (Å²) >= 11 is 1.54. The molecule has 0 aromatic carbocycles. The van der Waals surface area contributed by atoms with Crippen LogP contribution in [-0.2, 0) is 16.5 Å². The second-order valence-electron chi connectivity index (χ2n) is 3.21. The zero-order valence-corrected chi connectivity index (χ0v) is 9.58. The molecule has 3 nitrogen and oxygen atoms in total. The molecular formula is C8H14N2OS2. The van der Waals surface area contributed by atoms with Crippen LogP contribution in [0.3, 0.4) is 0 Å². The zero-order chi connectivity index (χ0) is 10.1. The molecule has 1 aromatic rings. The molecule has 0 saturated carbocycles. The molecule has 1 atom stereocenters. The number of aliphatic hydroxyl groups is 1. The molecule has 1 rings (SSSR count). The molecule has 13 heavy (non-hydrogen) atoms. The van der Waals surface area contributed by atoms with Gasteiger partial charge in [0.25, 0.3) is 0 Å². The van der Waals surface area contributed by atoms with Gasteiger partial charge in [0.05, 0.1) is 9.81 Å². The lowest BCUT2D eigenvalue weighted by Crippen LogP contribution is -2.14. The number of nitrogens with zero attached hydrogens (tertiary/aromatic N) is 1. The van der Waals surface area contributed by atoms with Gasteiger partial charge in [-0.1, -0.05) is 0 Å². The molecular weight excluding hydrogens is 204 g/mol. The number of hydrogen-bond acceptors (Lipinski definition) is 3. The van der Waals surface area contributed by atoms with E-state index < -0.39 is 16.5 Å². The van der Waals surface area contributed by atoms with Crippen LogP contribution in [0.1, 0.15) is 19.4 Å². The molecule has 0 aliphatic heterocycles. The second-order valence-corrected chi connectivity index (χ2v) is 5.81. The van der Waals surface area contributed by atoms with Crippen molar-refractivity contribution < 1.29 is 5.11 Å². The van der Waals surface area contributed by atoms with E-state index in [0.717, 1.165) is 9.77 Å². The molecule has 0 aliphatic carbocycles. The van der Waals surface area contributed by atoms with Crippen LogP contribution in [0.2, 0.25) is 0 Å².